The van der Waals surface area contributed by atoms with E-state index in [0.717, 1.165) is 32.1 Å². The van der Waals surface area contributed by atoms with Crippen molar-refractivity contribution in [3.63, 3.8) is 0 Å². The standard InChI is InChI=1S/C11H19NO3/c1-12-11(9(13)14)4-2-3-10(11)5-7-15-8-6-10/h12H,2-8H2,1H3,(H,13,14). The lowest BCUT2D eigenvalue weighted by Gasteiger charge is -2.45. The zero-order chi connectivity index (χ0) is 10.9. The van der Waals surface area contributed by atoms with Gasteiger partial charge < -0.3 is 15.2 Å². The molecule has 1 aliphatic carbocycles. The summed E-state index contributed by atoms with van der Waals surface area (Å²) in [5.41, 5.74) is -0.789. The first-order valence-corrected chi connectivity index (χ1v) is 5.67. The lowest BCUT2D eigenvalue weighted by atomic mass is 9.67. The van der Waals surface area contributed by atoms with Crippen LogP contribution in [-0.2, 0) is 9.53 Å². The van der Waals surface area contributed by atoms with E-state index in [-0.39, 0.29) is 5.41 Å². The van der Waals surface area contributed by atoms with Gasteiger partial charge in [0.15, 0.2) is 0 Å². The molecule has 1 atom stereocenters. The first-order valence-electron chi connectivity index (χ1n) is 5.67. The highest BCUT2D eigenvalue weighted by atomic mass is 16.5. The summed E-state index contributed by atoms with van der Waals surface area (Å²) < 4.78 is 5.35. The van der Waals surface area contributed by atoms with Crippen LogP contribution in [0.15, 0.2) is 0 Å². The highest BCUT2D eigenvalue weighted by molar-refractivity contribution is 5.80. The van der Waals surface area contributed by atoms with E-state index >= 15 is 0 Å². The number of rotatable bonds is 2. The van der Waals surface area contributed by atoms with Gasteiger partial charge in [-0.25, -0.2) is 0 Å². The third-order valence-corrected chi connectivity index (χ3v) is 4.35. The fraction of sp³-hybridized carbons (Fsp3) is 0.909. The molecule has 0 amide bonds. The number of nitrogens with one attached hydrogen (secondary N) is 1. The van der Waals surface area contributed by atoms with Crippen LogP contribution in [0.4, 0.5) is 0 Å². The van der Waals surface area contributed by atoms with Crippen LogP contribution in [0.2, 0.25) is 0 Å². The molecule has 0 bridgehead atoms. The zero-order valence-corrected chi connectivity index (χ0v) is 9.21. The van der Waals surface area contributed by atoms with E-state index < -0.39 is 11.5 Å². The molecule has 1 heterocycles. The number of aliphatic carboxylic acids is 1. The molecule has 86 valence electrons. The van der Waals surface area contributed by atoms with Crippen LogP contribution < -0.4 is 5.32 Å². The predicted octanol–water partition coefficient (Wildman–Crippen LogP) is 1.01. The highest BCUT2D eigenvalue weighted by Crippen LogP contribution is 2.52. The van der Waals surface area contributed by atoms with Gasteiger partial charge in [0.05, 0.1) is 0 Å². The van der Waals surface area contributed by atoms with Crippen LogP contribution >= 0.6 is 0 Å². The highest BCUT2D eigenvalue weighted by Gasteiger charge is 2.58. The van der Waals surface area contributed by atoms with Crippen LogP contribution in [0.1, 0.15) is 32.1 Å². The molecule has 0 aromatic carbocycles. The smallest absolute Gasteiger partial charge is 0.324 e. The average Bonchev–Trinajstić information content (AvgIpc) is 2.59. The Morgan fingerprint density at radius 2 is 1.93 bits per heavy atom. The number of carboxylic acid groups (broad SMARTS) is 1. The van der Waals surface area contributed by atoms with Gasteiger partial charge in [-0.05, 0) is 32.7 Å². The third-order valence-electron chi connectivity index (χ3n) is 4.35. The van der Waals surface area contributed by atoms with Crippen molar-refractivity contribution in [3.05, 3.63) is 0 Å². The fourth-order valence-electron chi connectivity index (χ4n) is 3.44. The molecule has 15 heavy (non-hydrogen) atoms. The molecule has 2 aliphatic rings. The Kier molecular flexibility index (Phi) is 2.73. The van der Waals surface area contributed by atoms with E-state index in [4.69, 9.17) is 4.74 Å². The molecular formula is C11H19NO3. The van der Waals surface area contributed by atoms with Crippen molar-refractivity contribution >= 4 is 5.97 Å². The number of hydrogen-bond donors (Lipinski definition) is 2. The molecule has 0 radical (unpaired) electrons. The first kappa shape index (κ1) is 10.9. The van der Waals surface area contributed by atoms with E-state index in [1.165, 1.54) is 0 Å². The monoisotopic (exact) mass is 213 g/mol. The molecule has 2 rings (SSSR count). The Balaban J connectivity index is 2.32. The number of carbonyl (C=O) groups is 1. The normalized spacial score (nSPS) is 34.5. The summed E-state index contributed by atoms with van der Waals surface area (Å²) in [7, 11) is 1.77. The summed E-state index contributed by atoms with van der Waals surface area (Å²) in [5.74, 6) is -0.690. The van der Waals surface area contributed by atoms with Crippen molar-refractivity contribution in [1.29, 1.82) is 0 Å². The molecule has 2 N–H and O–H groups in total. The molecule has 4 nitrogen and oxygen atoms in total. The summed E-state index contributed by atoms with van der Waals surface area (Å²) in [6, 6.07) is 0. The molecule has 0 aromatic rings. The molecule has 1 aliphatic heterocycles. The van der Waals surface area contributed by atoms with Gasteiger partial charge in [-0.2, -0.15) is 0 Å². The Bertz CT molecular complexity index is 261. The number of likely N-dealkylation sites (N-methyl/N-ethyl adjacent to an activating group) is 1. The Labute approximate surface area is 90.0 Å². The molecule has 1 unspecified atom stereocenters. The van der Waals surface area contributed by atoms with Crippen LogP contribution in [0.25, 0.3) is 0 Å². The average molecular weight is 213 g/mol. The van der Waals surface area contributed by atoms with E-state index in [1.807, 2.05) is 0 Å². The van der Waals surface area contributed by atoms with Crippen LogP contribution in [0.3, 0.4) is 0 Å². The lowest BCUT2D eigenvalue weighted by Crippen LogP contribution is -2.60. The Hall–Kier alpha value is -0.610. The molecule has 0 aromatic heterocycles. The van der Waals surface area contributed by atoms with E-state index in [2.05, 4.69) is 5.32 Å². The molecule has 1 saturated carbocycles. The predicted molar refractivity (Wildman–Crippen MR) is 55.8 cm³/mol. The van der Waals surface area contributed by atoms with Gasteiger partial charge in [0.25, 0.3) is 0 Å². The zero-order valence-electron chi connectivity index (χ0n) is 9.21. The number of hydrogen-bond acceptors (Lipinski definition) is 3. The first-order chi connectivity index (χ1) is 7.17. The Morgan fingerprint density at radius 3 is 2.47 bits per heavy atom. The van der Waals surface area contributed by atoms with E-state index in [0.29, 0.717) is 13.2 Å². The third kappa shape index (κ3) is 1.39. The molecule has 2 fully saturated rings. The summed E-state index contributed by atoms with van der Waals surface area (Å²) in [6.45, 7) is 1.41. The minimum atomic E-state index is -0.712. The fourth-order valence-corrected chi connectivity index (χ4v) is 3.44. The summed E-state index contributed by atoms with van der Waals surface area (Å²) >= 11 is 0. The maximum absolute atomic E-state index is 11.5. The second kappa shape index (κ2) is 3.76. The van der Waals surface area contributed by atoms with Crippen molar-refractivity contribution in [2.45, 2.75) is 37.6 Å². The molecular weight excluding hydrogens is 194 g/mol. The Morgan fingerprint density at radius 1 is 1.27 bits per heavy atom. The van der Waals surface area contributed by atoms with Gasteiger partial charge in [0, 0.05) is 18.6 Å². The molecule has 1 saturated heterocycles. The van der Waals surface area contributed by atoms with Crippen molar-refractivity contribution in [2.75, 3.05) is 20.3 Å². The van der Waals surface area contributed by atoms with Crippen LogP contribution in [0.5, 0.6) is 0 Å². The van der Waals surface area contributed by atoms with Crippen molar-refractivity contribution in [3.8, 4) is 0 Å². The van der Waals surface area contributed by atoms with Gasteiger partial charge in [-0.3, -0.25) is 4.79 Å². The summed E-state index contributed by atoms with van der Waals surface area (Å²) in [6.07, 6.45) is 4.52. The quantitative estimate of drug-likeness (QED) is 0.718. The van der Waals surface area contributed by atoms with Gasteiger partial charge in [-0.15, -0.1) is 0 Å². The second-order valence-electron chi connectivity index (χ2n) is 4.71. The summed E-state index contributed by atoms with van der Waals surface area (Å²) in [5, 5.41) is 12.6. The topological polar surface area (TPSA) is 58.6 Å². The van der Waals surface area contributed by atoms with Gasteiger partial charge in [0.2, 0.25) is 0 Å². The minimum absolute atomic E-state index is 0.0775. The van der Waals surface area contributed by atoms with Crippen molar-refractivity contribution < 1.29 is 14.6 Å². The maximum atomic E-state index is 11.5. The van der Waals surface area contributed by atoms with E-state index in [9.17, 15) is 9.90 Å². The van der Waals surface area contributed by atoms with Crippen LogP contribution in [-0.4, -0.2) is 36.9 Å². The van der Waals surface area contributed by atoms with Crippen molar-refractivity contribution in [1.82, 2.24) is 5.32 Å². The number of ether oxygens (including phenoxy) is 1. The second-order valence-corrected chi connectivity index (χ2v) is 4.71. The van der Waals surface area contributed by atoms with Gasteiger partial charge >= 0.3 is 5.97 Å². The van der Waals surface area contributed by atoms with Gasteiger partial charge in [-0.1, -0.05) is 6.42 Å². The maximum Gasteiger partial charge on any atom is 0.324 e. The minimum Gasteiger partial charge on any atom is -0.480 e. The van der Waals surface area contributed by atoms with Crippen LogP contribution in [0, 0.1) is 5.41 Å². The van der Waals surface area contributed by atoms with E-state index in [1.54, 1.807) is 7.05 Å². The molecule has 4 heteroatoms. The molecule has 1 spiro atoms. The SMILES string of the molecule is CNC1(C(=O)O)CCCC12CCOCC2. The largest absolute Gasteiger partial charge is 0.480 e. The number of carboxylic acids is 1. The lowest BCUT2D eigenvalue weighted by molar-refractivity contribution is -0.153. The van der Waals surface area contributed by atoms with Gasteiger partial charge in [0.1, 0.15) is 5.54 Å². The van der Waals surface area contributed by atoms with Crippen molar-refractivity contribution in [2.24, 2.45) is 5.41 Å². The summed E-state index contributed by atoms with van der Waals surface area (Å²) in [4.78, 5) is 11.5.